The molecule has 1 atom stereocenters. The highest BCUT2D eigenvalue weighted by Gasteiger charge is 2.21. The Hall–Kier alpha value is -2.51. The Morgan fingerprint density at radius 1 is 1.30 bits per heavy atom. The second kappa shape index (κ2) is 7.17. The van der Waals surface area contributed by atoms with Crippen molar-refractivity contribution >= 4 is 5.91 Å². The first-order valence-electron chi connectivity index (χ1n) is 6.43. The molecular weight excluding hydrogens is 252 g/mol. The third-order valence-electron chi connectivity index (χ3n) is 2.93. The molecule has 1 aromatic heterocycles. The van der Waals surface area contributed by atoms with Gasteiger partial charge >= 0.3 is 0 Å². The Morgan fingerprint density at radius 2 is 2.10 bits per heavy atom. The summed E-state index contributed by atoms with van der Waals surface area (Å²) in [6.45, 7) is 0.547. The van der Waals surface area contributed by atoms with Crippen molar-refractivity contribution in [3.8, 4) is 12.3 Å². The lowest BCUT2D eigenvalue weighted by atomic mass is 10.0. The van der Waals surface area contributed by atoms with Gasteiger partial charge in [-0.15, -0.1) is 6.42 Å². The average molecular weight is 269 g/mol. The Labute approximate surface area is 118 Å². The number of carbonyl (C=O) groups is 1. The third-order valence-corrected chi connectivity index (χ3v) is 2.93. The number of furan rings is 1. The first-order chi connectivity index (χ1) is 9.81. The van der Waals surface area contributed by atoms with Crippen molar-refractivity contribution in [1.29, 1.82) is 0 Å². The fourth-order valence-electron chi connectivity index (χ4n) is 1.99. The molecule has 0 radical (unpaired) electrons. The molecule has 4 heteroatoms. The zero-order valence-corrected chi connectivity index (χ0v) is 11.1. The fourth-order valence-corrected chi connectivity index (χ4v) is 1.99. The molecule has 0 spiro atoms. The lowest BCUT2D eigenvalue weighted by Gasteiger charge is -2.13. The molecule has 4 nitrogen and oxygen atoms in total. The fraction of sp³-hybridized carbons (Fsp3) is 0.188. The van der Waals surface area contributed by atoms with E-state index in [1.54, 1.807) is 6.26 Å². The predicted molar refractivity (Wildman–Crippen MR) is 75.6 cm³/mol. The number of quaternary nitrogens is 1. The number of benzene rings is 1. The van der Waals surface area contributed by atoms with Crippen molar-refractivity contribution in [2.24, 2.45) is 0 Å². The molecule has 20 heavy (non-hydrogen) atoms. The van der Waals surface area contributed by atoms with Crippen LogP contribution in [-0.2, 0) is 4.79 Å². The smallest absolute Gasteiger partial charge is 0.275 e. The summed E-state index contributed by atoms with van der Waals surface area (Å²) in [7, 11) is 0. The molecule has 1 aromatic carbocycles. The molecule has 0 aliphatic carbocycles. The number of hydrogen-bond acceptors (Lipinski definition) is 2. The summed E-state index contributed by atoms with van der Waals surface area (Å²) in [5, 5.41) is 4.58. The summed E-state index contributed by atoms with van der Waals surface area (Å²) >= 11 is 0. The summed E-state index contributed by atoms with van der Waals surface area (Å²) in [5.74, 6) is 3.11. The largest absolute Gasteiger partial charge is 0.463 e. The van der Waals surface area contributed by atoms with E-state index in [0.29, 0.717) is 6.54 Å². The van der Waals surface area contributed by atoms with Gasteiger partial charge in [-0.05, 0) is 12.1 Å². The van der Waals surface area contributed by atoms with Crippen LogP contribution >= 0.6 is 0 Å². The van der Waals surface area contributed by atoms with Crippen LogP contribution in [0.5, 0.6) is 0 Å². The number of hydrogen-bond donors (Lipinski definition) is 2. The van der Waals surface area contributed by atoms with Gasteiger partial charge in [-0.3, -0.25) is 4.79 Å². The van der Waals surface area contributed by atoms with E-state index in [0.717, 1.165) is 11.3 Å². The van der Waals surface area contributed by atoms with Crippen LogP contribution in [0.15, 0.2) is 53.1 Å². The normalized spacial score (nSPS) is 11.6. The molecule has 0 fully saturated rings. The van der Waals surface area contributed by atoms with Gasteiger partial charge in [0.05, 0.1) is 12.8 Å². The maximum absolute atomic E-state index is 11.6. The van der Waals surface area contributed by atoms with Crippen LogP contribution in [0.25, 0.3) is 0 Å². The second-order valence-corrected chi connectivity index (χ2v) is 4.32. The quantitative estimate of drug-likeness (QED) is 0.758. The van der Waals surface area contributed by atoms with Crippen LogP contribution in [0.3, 0.4) is 0 Å². The number of terminal acetylenes is 1. The standard InChI is InChI=1S/C16H16N2O2/c1-2-10-17-15(19)12-18-16(14-9-6-11-20-14)13-7-4-3-5-8-13/h1,3-9,11,16,18H,10,12H2,(H,17,19)/p+1/t16-/m0/s1. The molecule has 2 aromatic rings. The SMILES string of the molecule is C#CCNC(=O)C[NH2+][C@@H](c1ccccc1)c1ccco1. The van der Waals surface area contributed by atoms with E-state index in [1.165, 1.54) is 0 Å². The van der Waals surface area contributed by atoms with E-state index in [9.17, 15) is 4.79 Å². The van der Waals surface area contributed by atoms with Gasteiger partial charge < -0.3 is 15.1 Å². The Kier molecular flexibility index (Phi) is 4.99. The highest BCUT2D eigenvalue weighted by Crippen LogP contribution is 2.18. The molecule has 0 aliphatic heterocycles. The van der Waals surface area contributed by atoms with Gasteiger partial charge in [-0.25, -0.2) is 0 Å². The molecule has 3 N–H and O–H groups in total. The van der Waals surface area contributed by atoms with Crippen LogP contribution in [0.2, 0.25) is 0 Å². The highest BCUT2D eigenvalue weighted by molar-refractivity contribution is 5.76. The highest BCUT2D eigenvalue weighted by atomic mass is 16.3. The maximum atomic E-state index is 11.6. The lowest BCUT2D eigenvalue weighted by molar-refractivity contribution is -0.678. The van der Waals surface area contributed by atoms with E-state index >= 15 is 0 Å². The first-order valence-corrected chi connectivity index (χ1v) is 6.43. The summed E-state index contributed by atoms with van der Waals surface area (Å²) in [4.78, 5) is 11.6. The molecule has 0 saturated heterocycles. The molecule has 0 aliphatic rings. The van der Waals surface area contributed by atoms with E-state index in [2.05, 4.69) is 11.2 Å². The predicted octanol–water partition coefficient (Wildman–Crippen LogP) is 0.682. The van der Waals surface area contributed by atoms with Gasteiger partial charge in [0.15, 0.2) is 18.3 Å². The van der Waals surface area contributed by atoms with Crippen molar-refractivity contribution < 1.29 is 14.5 Å². The molecule has 0 saturated carbocycles. The van der Waals surface area contributed by atoms with Gasteiger partial charge in [-0.1, -0.05) is 36.3 Å². The minimum absolute atomic E-state index is 0.0391. The summed E-state index contributed by atoms with van der Waals surface area (Å²) in [5.41, 5.74) is 1.09. The molecule has 0 bridgehead atoms. The molecule has 102 valence electrons. The van der Waals surface area contributed by atoms with E-state index in [4.69, 9.17) is 10.8 Å². The number of carbonyl (C=O) groups excluding carboxylic acids is 1. The Morgan fingerprint density at radius 3 is 2.75 bits per heavy atom. The Bertz CT molecular complexity index is 570. The number of nitrogens with one attached hydrogen (secondary N) is 1. The monoisotopic (exact) mass is 269 g/mol. The van der Waals surface area contributed by atoms with Gasteiger partial charge in [0.2, 0.25) is 0 Å². The van der Waals surface area contributed by atoms with Gasteiger partial charge in [-0.2, -0.15) is 0 Å². The van der Waals surface area contributed by atoms with Crippen LogP contribution in [0.1, 0.15) is 17.4 Å². The third kappa shape index (κ3) is 3.74. The summed E-state index contributed by atoms with van der Waals surface area (Å²) in [6, 6.07) is 13.6. The first kappa shape index (κ1) is 13.9. The topological polar surface area (TPSA) is 58.9 Å². The number of nitrogens with two attached hydrogens (primary N) is 1. The zero-order chi connectivity index (χ0) is 14.2. The molecule has 1 amide bonds. The zero-order valence-electron chi connectivity index (χ0n) is 11.1. The van der Waals surface area contributed by atoms with E-state index < -0.39 is 0 Å². The molecular formula is C16H17N2O2+. The number of amides is 1. The van der Waals surface area contributed by atoms with Gasteiger partial charge in [0, 0.05) is 5.56 Å². The average Bonchev–Trinajstić information content (AvgIpc) is 3.00. The molecule has 0 unspecified atom stereocenters. The minimum Gasteiger partial charge on any atom is -0.463 e. The van der Waals surface area contributed by atoms with E-state index in [1.807, 2.05) is 47.8 Å². The van der Waals surface area contributed by atoms with Crippen molar-refractivity contribution in [3.63, 3.8) is 0 Å². The van der Waals surface area contributed by atoms with Crippen LogP contribution in [0, 0.1) is 12.3 Å². The summed E-state index contributed by atoms with van der Waals surface area (Å²) < 4.78 is 5.47. The van der Waals surface area contributed by atoms with Gasteiger partial charge in [0.1, 0.15) is 0 Å². The summed E-state index contributed by atoms with van der Waals surface area (Å²) in [6.07, 6.45) is 6.75. The minimum atomic E-state index is -0.0876. The van der Waals surface area contributed by atoms with Crippen molar-refractivity contribution in [2.75, 3.05) is 13.1 Å². The molecule has 2 rings (SSSR count). The second-order valence-electron chi connectivity index (χ2n) is 4.32. The Balaban J connectivity index is 2.05. The van der Waals surface area contributed by atoms with Gasteiger partial charge in [0.25, 0.3) is 5.91 Å². The van der Waals surface area contributed by atoms with Crippen molar-refractivity contribution in [1.82, 2.24) is 5.32 Å². The molecule has 1 heterocycles. The van der Waals surface area contributed by atoms with Crippen LogP contribution < -0.4 is 10.6 Å². The van der Waals surface area contributed by atoms with Crippen molar-refractivity contribution in [3.05, 3.63) is 60.1 Å². The van der Waals surface area contributed by atoms with Crippen molar-refractivity contribution in [2.45, 2.75) is 6.04 Å². The maximum Gasteiger partial charge on any atom is 0.275 e. The lowest BCUT2D eigenvalue weighted by Crippen LogP contribution is -2.87. The van der Waals surface area contributed by atoms with E-state index in [-0.39, 0.29) is 18.5 Å². The number of rotatable bonds is 6. The van der Waals surface area contributed by atoms with Crippen LogP contribution in [-0.4, -0.2) is 19.0 Å². The van der Waals surface area contributed by atoms with Crippen LogP contribution in [0.4, 0.5) is 0 Å².